The van der Waals surface area contributed by atoms with Gasteiger partial charge in [0.2, 0.25) is 0 Å². The molecule has 2 aromatic rings. The molecule has 0 saturated heterocycles. The number of hydrogen-bond donors (Lipinski definition) is 0. The summed E-state index contributed by atoms with van der Waals surface area (Å²) in [5.41, 5.74) is 3.81. The Morgan fingerprint density at radius 1 is 1.17 bits per heavy atom. The van der Waals surface area contributed by atoms with E-state index in [1.165, 1.54) is 0 Å². The number of hydrogen-bond acceptors (Lipinski definition) is 3. The van der Waals surface area contributed by atoms with Crippen molar-refractivity contribution < 1.29 is 9.53 Å². The molecule has 0 spiro atoms. The zero-order chi connectivity index (χ0) is 17.2. The Hall–Kier alpha value is -2.60. The molecular weight excluding hydrogens is 298 g/mol. The smallest absolute Gasteiger partial charge is 0.127 e. The van der Waals surface area contributed by atoms with Crippen molar-refractivity contribution in [3.63, 3.8) is 0 Å². The molecule has 122 valence electrons. The van der Waals surface area contributed by atoms with E-state index in [0.717, 1.165) is 47.4 Å². The van der Waals surface area contributed by atoms with Crippen LogP contribution >= 0.6 is 0 Å². The molecule has 0 saturated carbocycles. The average molecular weight is 319 g/mol. The van der Waals surface area contributed by atoms with Crippen molar-refractivity contribution >= 4 is 6.29 Å². The first-order valence-corrected chi connectivity index (χ1v) is 8.12. The van der Waals surface area contributed by atoms with Crippen LogP contribution in [0.5, 0.6) is 5.75 Å². The molecule has 0 amide bonds. The molecule has 0 bridgehead atoms. The highest BCUT2D eigenvalue weighted by atomic mass is 16.5. The number of benzene rings is 1. The SMILES string of the molecule is COc1ccc(C#Cc2ccc3c(n2)CC(C)(C)CC3C=O)cc1. The van der Waals surface area contributed by atoms with Gasteiger partial charge in [0.1, 0.15) is 17.7 Å². The van der Waals surface area contributed by atoms with Crippen molar-refractivity contribution in [2.24, 2.45) is 5.41 Å². The molecule has 1 unspecified atom stereocenters. The van der Waals surface area contributed by atoms with E-state index < -0.39 is 0 Å². The second-order valence-electron chi connectivity index (χ2n) is 7.00. The Balaban J connectivity index is 1.89. The predicted molar refractivity (Wildman–Crippen MR) is 94.1 cm³/mol. The van der Waals surface area contributed by atoms with Crippen LogP contribution in [-0.4, -0.2) is 18.4 Å². The first-order valence-electron chi connectivity index (χ1n) is 8.12. The number of ether oxygens (including phenoxy) is 1. The summed E-state index contributed by atoms with van der Waals surface area (Å²) in [6, 6.07) is 11.5. The number of rotatable bonds is 2. The van der Waals surface area contributed by atoms with Crippen molar-refractivity contribution in [2.45, 2.75) is 32.6 Å². The van der Waals surface area contributed by atoms with Crippen molar-refractivity contribution in [3.05, 3.63) is 58.9 Å². The van der Waals surface area contributed by atoms with E-state index in [-0.39, 0.29) is 11.3 Å². The first-order chi connectivity index (χ1) is 11.5. The maximum atomic E-state index is 11.4. The number of carbonyl (C=O) groups is 1. The zero-order valence-corrected chi connectivity index (χ0v) is 14.3. The van der Waals surface area contributed by atoms with E-state index in [0.29, 0.717) is 0 Å². The third-order valence-electron chi connectivity index (χ3n) is 4.42. The number of fused-ring (bicyclic) bond motifs is 1. The van der Waals surface area contributed by atoms with Crippen LogP contribution in [0.15, 0.2) is 36.4 Å². The third kappa shape index (κ3) is 3.49. The van der Waals surface area contributed by atoms with Gasteiger partial charge in [-0.05, 0) is 60.1 Å². The van der Waals surface area contributed by atoms with Gasteiger partial charge in [-0.25, -0.2) is 4.98 Å². The Morgan fingerprint density at radius 2 is 1.92 bits per heavy atom. The lowest BCUT2D eigenvalue weighted by atomic mass is 9.71. The third-order valence-corrected chi connectivity index (χ3v) is 4.42. The number of aldehydes is 1. The Labute approximate surface area is 143 Å². The topological polar surface area (TPSA) is 39.2 Å². The number of aromatic nitrogens is 1. The van der Waals surface area contributed by atoms with Crippen LogP contribution < -0.4 is 4.74 Å². The zero-order valence-electron chi connectivity index (χ0n) is 14.3. The van der Waals surface area contributed by atoms with Crippen molar-refractivity contribution in [2.75, 3.05) is 7.11 Å². The monoisotopic (exact) mass is 319 g/mol. The summed E-state index contributed by atoms with van der Waals surface area (Å²) in [4.78, 5) is 16.1. The lowest BCUT2D eigenvalue weighted by Gasteiger charge is -2.34. The van der Waals surface area contributed by atoms with Crippen molar-refractivity contribution in [1.82, 2.24) is 4.98 Å². The fourth-order valence-electron chi connectivity index (χ4n) is 3.22. The lowest BCUT2D eigenvalue weighted by Crippen LogP contribution is -2.27. The largest absolute Gasteiger partial charge is 0.497 e. The fourth-order valence-corrected chi connectivity index (χ4v) is 3.22. The van der Waals surface area contributed by atoms with Crippen LogP contribution in [0.25, 0.3) is 0 Å². The number of pyridine rings is 1. The highest BCUT2D eigenvalue weighted by Gasteiger charge is 2.32. The van der Waals surface area contributed by atoms with Crippen molar-refractivity contribution in [1.29, 1.82) is 0 Å². The van der Waals surface area contributed by atoms with E-state index in [1.807, 2.05) is 36.4 Å². The summed E-state index contributed by atoms with van der Waals surface area (Å²) in [7, 11) is 1.64. The van der Waals surface area contributed by atoms with E-state index in [2.05, 4.69) is 25.7 Å². The molecule has 3 rings (SSSR count). The second-order valence-corrected chi connectivity index (χ2v) is 7.00. The molecule has 1 atom stereocenters. The van der Waals surface area contributed by atoms with Gasteiger partial charge < -0.3 is 9.53 Å². The van der Waals surface area contributed by atoms with E-state index in [4.69, 9.17) is 9.72 Å². The molecule has 1 aliphatic carbocycles. The summed E-state index contributed by atoms with van der Waals surface area (Å²) in [6.07, 6.45) is 2.80. The summed E-state index contributed by atoms with van der Waals surface area (Å²) in [6.45, 7) is 4.37. The molecule has 3 heteroatoms. The Morgan fingerprint density at radius 3 is 2.58 bits per heavy atom. The van der Waals surface area contributed by atoms with Gasteiger partial charge in [0.15, 0.2) is 0 Å². The molecule has 0 radical (unpaired) electrons. The normalized spacial score (nSPS) is 18.0. The minimum absolute atomic E-state index is 0.0557. The second kappa shape index (κ2) is 6.49. The Bertz CT molecular complexity index is 810. The minimum Gasteiger partial charge on any atom is -0.497 e. The number of methoxy groups -OCH3 is 1. The van der Waals surface area contributed by atoms with Gasteiger partial charge in [0.05, 0.1) is 7.11 Å². The summed E-state index contributed by atoms with van der Waals surface area (Å²) in [5, 5.41) is 0. The molecule has 1 aromatic carbocycles. The maximum Gasteiger partial charge on any atom is 0.127 e. The van der Waals surface area contributed by atoms with Gasteiger partial charge >= 0.3 is 0 Å². The Kier molecular flexibility index (Phi) is 4.40. The van der Waals surface area contributed by atoms with Gasteiger partial charge in [-0.2, -0.15) is 0 Å². The number of nitrogens with zero attached hydrogens (tertiary/aromatic N) is 1. The highest BCUT2D eigenvalue weighted by molar-refractivity contribution is 5.64. The molecule has 1 aromatic heterocycles. The van der Waals surface area contributed by atoms with E-state index in [9.17, 15) is 4.79 Å². The van der Waals surface area contributed by atoms with Crippen LogP contribution in [0.4, 0.5) is 0 Å². The van der Waals surface area contributed by atoms with Crippen LogP contribution in [-0.2, 0) is 11.2 Å². The molecule has 3 nitrogen and oxygen atoms in total. The van der Waals surface area contributed by atoms with Gasteiger partial charge in [0.25, 0.3) is 0 Å². The highest BCUT2D eigenvalue weighted by Crippen LogP contribution is 2.40. The summed E-state index contributed by atoms with van der Waals surface area (Å²) < 4.78 is 5.15. The summed E-state index contributed by atoms with van der Waals surface area (Å²) in [5.74, 6) is 7.00. The first kappa shape index (κ1) is 16.3. The molecular formula is C21H21NO2. The quantitative estimate of drug-likeness (QED) is 0.625. The van der Waals surface area contributed by atoms with Crippen LogP contribution in [0.2, 0.25) is 0 Å². The summed E-state index contributed by atoms with van der Waals surface area (Å²) >= 11 is 0. The molecule has 1 heterocycles. The molecule has 1 aliphatic rings. The lowest BCUT2D eigenvalue weighted by molar-refractivity contribution is -0.109. The van der Waals surface area contributed by atoms with Crippen LogP contribution in [0, 0.1) is 17.3 Å². The van der Waals surface area contributed by atoms with Gasteiger partial charge in [0, 0.05) is 17.2 Å². The van der Waals surface area contributed by atoms with Gasteiger partial charge in [-0.3, -0.25) is 0 Å². The van der Waals surface area contributed by atoms with Crippen LogP contribution in [0.1, 0.15) is 48.7 Å². The average Bonchev–Trinajstić information content (AvgIpc) is 2.58. The van der Waals surface area contributed by atoms with Gasteiger partial charge in [-0.15, -0.1) is 0 Å². The molecule has 0 N–H and O–H groups in total. The van der Waals surface area contributed by atoms with Crippen LogP contribution in [0.3, 0.4) is 0 Å². The molecule has 0 fully saturated rings. The van der Waals surface area contributed by atoms with E-state index in [1.54, 1.807) is 7.11 Å². The fraction of sp³-hybridized carbons (Fsp3) is 0.333. The van der Waals surface area contributed by atoms with Gasteiger partial charge in [-0.1, -0.05) is 25.8 Å². The molecule has 0 aliphatic heterocycles. The molecule has 24 heavy (non-hydrogen) atoms. The predicted octanol–water partition coefficient (Wildman–Crippen LogP) is 3.74. The maximum absolute atomic E-state index is 11.4. The standard InChI is InChI=1S/C21H21NO2/c1-21(2)12-16(14-23)19-11-8-17(22-20(19)13-21)7-4-15-5-9-18(24-3)10-6-15/h5-6,8-11,14,16H,12-13H2,1-3H3. The number of carbonyl (C=O) groups excluding carboxylic acids is 1. The van der Waals surface area contributed by atoms with E-state index >= 15 is 0 Å². The minimum atomic E-state index is -0.0557. The van der Waals surface area contributed by atoms with Crippen molar-refractivity contribution in [3.8, 4) is 17.6 Å².